The summed E-state index contributed by atoms with van der Waals surface area (Å²) in [5.74, 6) is -1.24. The fraction of sp³-hybridized carbons (Fsp3) is 0.125. The molecular weight excluding hydrogens is 266 g/mol. The van der Waals surface area contributed by atoms with Crippen LogP contribution in [0.4, 0.5) is 4.39 Å². The van der Waals surface area contributed by atoms with E-state index in [1.807, 2.05) is 0 Å². The lowest BCUT2D eigenvalue weighted by Gasteiger charge is -2.02. The third-order valence-electron chi connectivity index (χ3n) is 1.59. The largest absolute Gasteiger partial charge is 0.294 e. The topological polar surface area (TPSA) is 51.2 Å². The summed E-state index contributed by atoms with van der Waals surface area (Å²) in [7, 11) is 0.943. The lowest BCUT2D eigenvalue weighted by Crippen LogP contribution is -2.03. The first-order valence-electron chi connectivity index (χ1n) is 3.57. The molecule has 0 atom stereocenters. The van der Waals surface area contributed by atoms with Crippen molar-refractivity contribution in [2.45, 2.75) is 11.8 Å². The summed E-state index contributed by atoms with van der Waals surface area (Å²) in [5.41, 5.74) is -0.110. The first-order chi connectivity index (χ1) is 6.32. The summed E-state index contributed by atoms with van der Waals surface area (Å²) in [5, 5.41) is 0. The van der Waals surface area contributed by atoms with Crippen LogP contribution in [0, 0.1) is 5.82 Å². The van der Waals surface area contributed by atoms with E-state index in [2.05, 4.69) is 0 Å². The normalized spacial score (nSPS) is 10.6. The summed E-state index contributed by atoms with van der Waals surface area (Å²) in [6.45, 7) is 1.18. The highest BCUT2D eigenvalue weighted by atomic mass is 35.7. The molecule has 1 rings (SSSR count). The summed E-state index contributed by atoms with van der Waals surface area (Å²) < 4.78 is 34.6. The number of hydrogen-bond acceptors (Lipinski definition) is 3. The monoisotopic (exact) mass is 272 g/mol. The zero-order valence-corrected chi connectivity index (χ0v) is 9.92. The molecule has 0 unspecified atom stereocenters. The molecule has 7 heteroatoms. The molecule has 3 nitrogen and oxygen atoms in total. The van der Waals surface area contributed by atoms with Gasteiger partial charge in [-0.15, -0.1) is 12.4 Å². The predicted octanol–water partition coefficient (Wildman–Crippen LogP) is 2.38. The highest BCUT2D eigenvalue weighted by Gasteiger charge is 2.18. The molecule has 0 spiro atoms. The van der Waals surface area contributed by atoms with Gasteiger partial charge >= 0.3 is 0 Å². The van der Waals surface area contributed by atoms with E-state index in [0.29, 0.717) is 0 Å². The second kappa shape index (κ2) is 4.92. The van der Waals surface area contributed by atoms with Crippen molar-refractivity contribution >= 4 is 37.9 Å². The molecule has 0 saturated heterocycles. The van der Waals surface area contributed by atoms with Gasteiger partial charge in [0.15, 0.2) is 5.78 Å². The Balaban J connectivity index is 0.00000196. The summed E-state index contributed by atoms with van der Waals surface area (Å²) in [4.78, 5) is 10.5. The number of carbonyl (C=O) groups excluding carboxylic acids is 1. The molecule has 0 fully saturated rings. The van der Waals surface area contributed by atoms with Crippen molar-refractivity contribution in [1.29, 1.82) is 0 Å². The van der Waals surface area contributed by atoms with Gasteiger partial charge in [0, 0.05) is 16.2 Å². The van der Waals surface area contributed by atoms with Crippen LogP contribution in [0.3, 0.4) is 0 Å². The molecule has 0 N–H and O–H groups in total. The Kier molecular flexibility index (Phi) is 4.70. The fourth-order valence-electron chi connectivity index (χ4n) is 0.989. The molecule has 84 valence electrons. The smallest absolute Gasteiger partial charge is 0.262 e. The van der Waals surface area contributed by atoms with E-state index in [1.54, 1.807) is 0 Å². The first-order valence-corrected chi connectivity index (χ1v) is 5.88. The van der Waals surface area contributed by atoms with Gasteiger partial charge in [0.1, 0.15) is 5.82 Å². The molecule has 1 aromatic carbocycles. The Bertz CT molecular complexity index is 485. The maximum Gasteiger partial charge on any atom is 0.262 e. The van der Waals surface area contributed by atoms with Crippen LogP contribution < -0.4 is 0 Å². The molecule has 0 aliphatic carbocycles. The van der Waals surface area contributed by atoms with Crippen molar-refractivity contribution in [2.24, 2.45) is 0 Å². The van der Waals surface area contributed by atoms with Crippen molar-refractivity contribution in [2.75, 3.05) is 0 Å². The molecule has 0 aromatic heterocycles. The average Bonchev–Trinajstić information content (AvgIpc) is 2.01. The van der Waals surface area contributed by atoms with Crippen molar-refractivity contribution < 1.29 is 17.6 Å². The molecule has 0 bridgehead atoms. The van der Waals surface area contributed by atoms with E-state index < -0.39 is 25.5 Å². The zero-order chi connectivity index (χ0) is 10.9. The van der Waals surface area contributed by atoms with Crippen LogP contribution in [0.5, 0.6) is 0 Å². The van der Waals surface area contributed by atoms with E-state index in [9.17, 15) is 17.6 Å². The number of ketones is 1. The van der Waals surface area contributed by atoms with Gasteiger partial charge in [-0.1, -0.05) is 0 Å². The van der Waals surface area contributed by atoms with Crippen molar-refractivity contribution in [3.63, 3.8) is 0 Å². The van der Waals surface area contributed by atoms with Gasteiger partial charge < -0.3 is 0 Å². The number of Topliss-reactive ketones (excluding diaryl/α,β-unsaturated/α-hetero) is 1. The van der Waals surface area contributed by atoms with Crippen LogP contribution in [-0.2, 0) is 9.05 Å². The molecule has 0 aliphatic heterocycles. The average molecular weight is 273 g/mol. The Morgan fingerprint density at radius 1 is 1.40 bits per heavy atom. The van der Waals surface area contributed by atoms with E-state index in [0.717, 1.165) is 18.2 Å². The number of benzene rings is 1. The molecule has 0 saturated carbocycles. The molecule has 0 amide bonds. The standard InChI is InChI=1S/C8H6ClFO3S.ClH/c1-5(11)7-3-2-6(10)4-8(7)14(9,12)13;/h2-4H,1H3;1H. The van der Waals surface area contributed by atoms with Crippen LogP contribution >= 0.6 is 23.1 Å². The van der Waals surface area contributed by atoms with E-state index >= 15 is 0 Å². The SMILES string of the molecule is CC(=O)c1ccc(F)cc1S(=O)(=O)Cl.Cl. The number of halogens is 3. The molecule has 0 aliphatic rings. The van der Waals surface area contributed by atoms with Crippen LogP contribution in [0.25, 0.3) is 0 Å². The maximum absolute atomic E-state index is 12.7. The van der Waals surface area contributed by atoms with Gasteiger partial charge in [-0.25, -0.2) is 12.8 Å². The summed E-state index contributed by atoms with van der Waals surface area (Å²) in [6, 6.07) is 2.81. The van der Waals surface area contributed by atoms with Crippen LogP contribution in [0.15, 0.2) is 23.1 Å². The minimum absolute atomic E-state index is 0. The predicted molar refractivity (Wildman–Crippen MR) is 56.7 cm³/mol. The number of hydrogen-bond donors (Lipinski definition) is 0. The van der Waals surface area contributed by atoms with Crippen LogP contribution in [0.2, 0.25) is 0 Å². The molecule has 15 heavy (non-hydrogen) atoms. The van der Waals surface area contributed by atoms with Crippen LogP contribution in [0.1, 0.15) is 17.3 Å². The second-order valence-electron chi connectivity index (χ2n) is 2.63. The fourth-order valence-corrected chi connectivity index (χ4v) is 2.10. The number of carbonyl (C=O) groups is 1. The van der Waals surface area contributed by atoms with Gasteiger partial charge in [0.25, 0.3) is 9.05 Å². The minimum Gasteiger partial charge on any atom is -0.294 e. The highest BCUT2D eigenvalue weighted by molar-refractivity contribution is 8.13. The molecular formula is C8H7Cl2FO3S. The van der Waals surface area contributed by atoms with Gasteiger partial charge in [-0.3, -0.25) is 4.79 Å². The Morgan fingerprint density at radius 2 is 1.93 bits per heavy atom. The molecule has 0 radical (unpaired) electrons. The quantitative estimate of drug-likeness (QED) is 0.614. The van der Waals surface area contributed by atoms with Crippen LogP contribution in [-0.4, -0.2) is 14.2 Å². The lowest BCUT2D eigenvalue weighted by atomic mass is 10.1. The minimum atomic E-state index is -4.09. The Hall–Kier alpha value is -0.650. The molecule has 1 aromatic rings. The highest BCUT2D eigenvalue weighted by Crippen LogP contribution is 2.21. The first kappa shape index (κ1) is 14.3. The van der Waals surface area contributed by atoms with Crippen molar-refractivity contribution in [3.05, 3.63) is 29.6 Å². The van der Waals surface area contributed by atoms with Crippen molar-refractivity contribution in [3.8, 4) is 0 Å². The van der Waals surface area contributed by atoms with E-state index in [-0.39, 0.29) is 18.0 Å². The Labute approximate surface area is 97.1 Å². The van der Waals surface area contributed by atoms with E-state index in [4.69, 9.17) is 10.7 Å². The third-order valence-corrected chi connectivity index (χ3v) is 2.95. The van der Waals surface area contributed by atoms with E-state index in [1.165, 1.54) is 6.92 Å². The molecule has 0 heterocycles. The van der Waals surface area contributed by atoms with Crippen molar-refractivity contribution in [1.82, 2.24) is 0 Å². The summed E-state index contributed by atoms with van der Waals surface area (Å²) >= 11 is 0. The third kappa shape index (κ3) is 3.44. The summed E-state index contributed by atoms with van der Waals surface area (Å²) in [6.07, 6.45) is 0. The van der Waals surface area contributed by atoms with Gasteiger partial charge in [-0.2, -0.15) is 0 Å². The maximum atomic E-state index is 12.7. The van der Waals surface area contributed by atoms with Gasteiger partial charge in [-0.05, 0) is 25.1 Å². The second-order valence-corrected chi connectivity index (χ2v) is 5.17. The van der Waals surface area contributed by atoms with Gasteiger partial charge in [0.2, 0.25) is 0 Å². The number of rotatable bonds is 2. The lowest BCUT2D eigenvalue weighted by molar-refractivity contribution is 0.101. The zero-order valence-electron chi connectivity index (χ0n) is 7.53. The van der Waals surface area contributed by atoms with Gasteiger partial charge in [0.05, 0.1) is 4.90 Å². The Morgan fingerprint density at radius 3 is 2.33 bits per heavy atom.